The normalized spacial score (nSPS) is 16.8. The molecule has 0 radical (unpaired) electrons. The minimum Gasteiger partial charge on any atom is -0.392 e. The molecule has 4 atom stereocenters. The number of benzene rings is 4. The minimum absolute atomic E-state index is 0.0560. The van der Waals surface area contributed by atoms with Crippen LogP contribution in [0.5, 0.6) is 0 Å². The Labute approximate surface area is 573 Å². The van der Waals surface area contributed by atoms with E-state index >= 15 is 43.9 Å². The summed E-state index contributed by atoms with van der Waals surface area (Å²) in [5, 5.41) is 27.8. The van der Waals surface area contributed by atoms with E-state index in [1.807, 2.05) is 0 Å². The van der Waals surface area contributed by atoms with Gasteiger partial charge in [0, 0.05) is 89.7 Å². The molecule has 520 valence electrons. The van der Waals surface area contributed by atoms with Crippen LogP contribution in [-0.4, -0.2) is 112 Å². The van der Waals surface area contributed by atoms with Crippen molar-refractivity contribution in [1.29, 1.82) is 0 Å². The summed E-state index contributed by atoms with van der Waals surface area (Å²) in [6, 6.07) is 31.2. The molecule has 8 aromatic rings. The Morgan fingerprint density at radius 1 is 0.406 bits per heavy atom. The van der Waals surface area contributed by atoms with E-state index in [4.69, 9.17) is 22.9 Å². The minimum atomic E-state index is -5.67. The van der Waals surface area contributed by atoms with E-state index in [0.717, 1.165) is 53.3 Å². The van der Waals surface area contributed by atoms with E-state index in [9.17, 15) is 28.9 Å². The Hall–Kier alpha value is -3.54. The molecule has 2 aliphatic rings. The number of aliphatic hydroxyl groups is 3. The molecular weight excluding hydrogens is 1490 g/mol. The Morgan fingerprint density at radius 2 is 0.625 bits per heavy atom. The lowest BCUT2D eigenvalue weighted by Gasteiger charge is -2.25. The van der Waals surface area contributed by atoms with Crippen molar-refractivity contribution >= 4 is 127 Å². The van der Waals surface area contributed by atoms with Crippen molar-refractivity contribution in [3.05, 3.63) is 185 Å². The maximum absolute atomic E-state index is 15.6. The fraction of sp³-hybridized carbons (Fsp3) is 0.290. The van der Waals surface area contributed by atoms with Crippen molar-refractivity contribution < 1.29 is 105 Å². The molecule has 4 heterocycles. The van der Waals surface area contributed by atoms with Crippen LogP contribution < -0.4 is 0 Å². The van der Waals surface area contributed by atoms with Crippen LogP contribution in [0.2, 0.25) is 0 Å². The highest BCUT2D eigenvalue weighted by atomic mass is 32.8. The van der Waals surface area contributed by atoms with Gasteiger partial charge in [0.05, 0.1) is 26.4 Å². The third kappa shape index (κ3) is 16.3. The van der Waals surface area contributed by atoms with Crippen molar-refractivity contribution in [2.75, 3.05) is 28.4 Å². The van der Waals surface area contributed by atoms with Gasteiger partial charge in [0.2, 0.25) is 0 Å². The molecule has 0 fully saturated rings. The number of aryl methyl sites for hydroxylation is 4. The average molecular weight is 1550 g/mol. The zero-order valence-electron chi connectivity index (χ0n) is 51.9. The van der Waals surface area contributed by atoms with Gasteiger partial charge in [-0.2, -0.15) is 52.7 Å². The van der Waals surface area contributed by atoms with Crippen molar-refractivity contribution in [2.24, 2.45) is 0 Å². The van der Waals surface area contributed by atoms with E-state index in [1.54, 1.807) is 97.1 Å². The van der Waals surface area contributed by atoms with Gasteiger partial charge in [-0.25, -0.2) is 0 Å². The predicted molar refractivity (Wildman–Crippen MR) is 374 cm³/mol. The molecule has 6 N–H and O–H groups in total. The van der Waals surface area contributed by atoms with Crippen LogP contribution in [-0.2, 0) is 48.6 Å². The topological polar surface area (TPSA) is 168 Å². The summed E-state index contributed by atoms with van der Waals surface area (Å²) < 4.78 is 207. The van der Waals surface area contributed by atoms with Crippen molar-refractivity contribution in [3.63, 3.8) is 0 Å². The van der Waals surface area contributed by atoms with Crippen LogP contribution in [0.25, 0.3) is 64.1 Å². The second kappa shape index (κ2) is 31.8. The summed E-state index contributed by atoms with van der Waals surface area (Å²) in [7, 11) is 6.64. The van der Waals surface area contributed by atoms with Gasteiger partial charge in [0.15, 0.2) is 0 Å². The van der Waals surface area contributed by atoms with Crippen LogP contribution in [0.15, 0.2) is 121 Å². The number of thiophene rings is 4. The number of aliphatic hydroxyl groups excluding tert-OH is 3. The molecule has 0 saturated heterocycles. The van der Waals surface area contributed by atoms with Gasteiger partial charge in [0.25, 0.3) is 0 Å². The van der Waals surface area contributed by atoms with Crippen LogP contribution in [0.4, 0.5) is 52.7 Å². The number of hydrogen-bond acceptors (Lipinski definition) is 15. The Balaban J connectivity index is 0.000000233. The smallest absolute Gasteiger partial charge is 0.392 e. The number of alkyl halides is 12. The molecule has 0 amide bonds. The second-order valence-corrected chi connectivity index (χ2v) is 44.3. The summed E-state index contributed by atoms with van der Waals surface area (Å²) in [4.78, 5) is 29.3. The third-order valence-electron chi connectivity index (χ3n) is 15.2. The summed E-state index contributed by atoms with van der Waals surface area (Å²) in [6.45, 7) is 5.30. The van der Waals surface area contributed by atoms with Crippen LogP contribution >= 0.6 is 87.1 Å². The first-order valence-electron chi connectivity index (χ1n) is 28.0. The zero-order chi connectivity index (χ0) is 71.5. The second-order valence-electron chi connectivity index (χ2n) is 21.2. The van der Waals surface area contributed by atoms with E-state index in [0.29, 0.717) is 64.0 Å². The van der Waals surface area contributed by atoms with Crippen LogP contribution in [0.1, 0.15) is 64.0 Å². The maximum Gasteiger partial charge on any atom is 0.676 e. The quantitative estimate of drug-likeness (QED) is 0.0259. The first kappa shape index (κ1) is 79.8. The van der Waals surface area contributed by atoms with E-state index in [-0.39, 0.29) is 75.2 Å². The maximum atomic E-state index is 15.6. The summed E-state index contributed by atoms with van der Waals surface area (Å²) in [5.74, 6) is -31.9. The van der Waals surface area contributed by atoms with Crippen LogP contribution in [0, 0.1) is 27.7 Å². The lowest BCUT2D eigenvalue weighted by atomic mass is 9.94. The van der Waals surface area contributed by atoms with Gasteiger partial charge in [-0.3, -0.25) is 0 Å². The van der Waals surface area contributed by atoms with Gasteiger partial charge in [0.1, 0.15) is 0 Å². The number of hydrogen-bond donors (Lipinski definition) is 6. The average Bonchev–Trinajstić information content (AvgIpc) is 1.54. The van der Waals surface area contributed by atoms with Crippen molar-refractivity contribution in [3.8, 4) is 41.8 Å². The van der Waals surface area contributed by atoms with E-state index in [1.165, 1.54) is 80.4 Å². The fourth-order valence-electron chi connectivity index (χ4n) is 9.90. The molecule has 0 aliphatic heterocycles. The highest BCUT2D eigenvalue weighted by molar-refractivity contribution is 8.77. The number of rotatable bonds is 19. The first-order chi connectivity index (χ1) is 44.8. The molecular formula is C62H65F12O11P5S4Si2. The SMILES string of the molecule is CO[Si](O)(O)OC.CO[Si](O)(OC)OCc1ccc(-c2cc(C3=C(c4cc(-c5ccc(CO)cc5)sc4C)C(F)(F)C(F)(F)C3(F)F)c(C)s2)cc1.Cc1sc(-c2ccc(CO)cc2)cc1C1=C(c2cc(-c3ccc(CO)cc3)sc2C)C(F)(F)C(F)(F)C1(F)F.PPP(P)P. The molecule has 2 aliphatic carbocycles. The van der Waals surface area contributed by atoms with Gasteiger partial charge < -0.3 is 51.8 Å². The molecule has 4 aromatic carbocycles. The molecule has 0 bridgehead atoms. The first-order valence-corrected chi connectivity index (χ1v) is 42.9. The lowest BCUT2D eigenvalue weighted by molar-refractivity contribution is -0.254. The molecule has 0 spiro atoms. The molecule has 4 unspecified atom stereocenters. The van der Waals surface area contributed by atoms with E-state index < -0.39 is 75.9 Å². The Morgan fingerprint density at radius 3 is 0.802 bits per heavy atom. The van der Waals surface area contributed by atoms with Crippen molar-refractivity contribution in [1.82, 2.24) is 0 Å². The fourth-order valence-corrected chi connectivity index (χ4v) is 14.9. The molecule has 96 heavy (non-hydrogen) atoms. The highest BCUT2D eigenvalue weighted by Gasteiger charge is 2.82. The Kier molecular flexibility index (Phi) is 26.4. The molecule has 0 saturated carbocycles. The van der Waals surface area contributed by atoms with Crippen LogP contribution in [0.3, 0.4) is 0 Å². The molecule has 34 heteroatoms. The van der Waals surface area contributed by atoms with Crippen molar-refractivity contribution in [2.45, 2.75) is 89.7 Å². The Bertz CT molecular complexity index is 3930. The molecule has 4 aromatic heterocycles. The van der Waals surface area contributed by atoms with Gasteiger partial charge >= 0.3 is 53.6 Å². The number of allylic oxidation sites excluding steroid dienone is 4. The predicted octanol–water partition coefficient (Wildman–Crippen LogP) is 18.0. The monoisotopic (exact) mass is 1550 g/mol. The standard InChI is InChI=1S/C31H28F6O5S2Si.C29H22F6O2S2.C2H8O4Si.H7P5/c1-17-23(13-25(43-17)21-9-5-19(15-38)6-10-21)27-28(30(34,35)31(36,37)29(27,32)33)24-14-26(44-18(24)2)22-11-7-20(8-12-22)16-42-45(39,40-3)41-4;1-15-21(11-23(38-15)19-7-3-17(13-36)4-8-19)25-26(28(32,33)29(34,35)27(25,30)31)22-12-24(39-16(22)2)20-9-5-18(14-37)6-10-20;1-5-7(3,4)6-2;1-4-5(2)3/h5-14,38-39H,15-16H2,1-4H3;3-12,36-37H,13-14H2,1-2H3;3-4H,1-2H3;4H,1-3H2. The number of halogens is 12. The summed E-state index contributed by atoms with van der Waals surface area (Å²) in [6.07, 6.45) is 0. The lowest BCUT2D eigenvalue weighted by Crippen LogP contribution is -2.48. The molecule has 10 rings (SSSR count). The largest absolute Gasteiger partial charge is 0.676 e. The zero-order valence-corrected chi connectivity index (χ0v) is 62.6. The van der Waals surface area contributed by atoms with Gasteiger partial charge in [-0.05, 0) is 126 Å². The molecule has 11 nitrogen and oxygen atoms in total. The van der Waals surface area contributed by atoms with E-state index in [2.05, 4.69) is 35.6 Å². The summed E-state index contributed by atoms with van der Waals surface area (Å²) >= 11 is 4.12. The summed E-state index contributed by atoms with van der Waals surface area (Å²) in [5.41, 5.74) is -2.25. The third-order valence-corrected chi connectivity index (χ3v) is 34.1. The van der Waals surface area contributed by atoms with Gasteiger partial charge in [-0.15, -0.1) is 72.1 Å². The highest BCUT2D eigenvalue weighted by Crippen LogP contribution is 2.72. The van der Waals surface area contributed by atoms with Gasteiger partial charge in [-0.1, -0.05) is 105 Å².